The average Bonchev–Trinajstić information content (AvgIpc) is 0.722. The summed E-state index contributed by atoms with van der Waals surface area (Å²) < 4.78 is 0. The molecule has 98 heavy (non-hydrogen) atoms. The predicted molar refractivity (Wildman–Crippen MR) is 416 cm³/mol. The van der Waals surface area contributed by atoms with Gasteiger partial charge in [-0.05, 0) is 232 Å². The molecule has 0 spiro atoms. The Hall–Kier alpha value is -12.2. The van der Waals surface area contributed by atoms with Crippen molar-refractivity contribution in [3.8, 4) is 33.4 Å². The molecule has 0 atom stereocenters. The first-order valence-electron chi connectivity index (χ1n) is 34.1. The van der Waals surface area contributed by atoms with Crippen molar-refractivity contribution in [1.82, 2.24) is 0 Å². The number of hydrogen-bond acceptors (Lipinski definition) is 4. The van der Waals surface area contributed by atoms with Crippen LogP contribution in [0.1, 0.15) is 49.9 Å². The Balaban J connectivity index is 0.734. The second-order valence-electron chi connectivity index (χ2n) is 27.4. The lowest BCUT2D eigenvalue weighted by Gasteiger charge is -2.43. The first-order chi connectivity index (χ1) is 48.1. The maximum atomic E-state index is 2.48. The van der Waals surface area contributed by atoms with E-state index in [0.29, 0.717) is 0 Å². The first kappa shape index (κ1) is 58.3. The van der Waals surface area contributed by atoms with Gasteiger partial charge in [0.1, 0.15) is 0 Å². The molecular formula is C94H70N4. The standard InChI is InChI=1S/C94H70N4/c1-93(2)85-59-75(63-19-7-5-8-20-63)39-51-89(85)97(81-47-37-67-25-13-17-29-73(67)57-81)91-53-49-83(61-87(91)93)95(79-45-35-65-23-11-15-27-71(65)55-79)77-41-31-69(32-42-77)70-33-43-78(44-34-70)96(80-46-36-66-24-12-16-28-72(66)56-80)84-50-54-92-88(62-84)94(3,4)86-60-76(64-21-9-6-10-22-64)40-52-90(86)98(92)82-48-38-68-26-14-18-30-74(68)58-82/h5-62H,1-4H3. The Morgan fingerprint density at radius 1 is 0.194 bits per heavy atom. The van der Waals surface area contributed by atoms with E-state index in [1.54, 1.807) is 0 Å². The van der Waals surface area contributed by atoms with Crippen molar-refractivity contribution in [2.75, 3.05) is 19.6 Å². The fourth-order valence-electron chi connectivity index (χ4n) is 15.7. The first-order valence-corrected chi connectivity index (χ1v) is 34.1. The van der Waals surface area contributed by atoms with Crippen LogP contribution in [0.3, 0.4) is 0 Å². The van der Waals surface area contributed by atoms with Crippen molar-refractivity contribution in [3.05, 3.63) is 374 Å². The molecule has 0 saturated carbocycles. The van der Waals surface area contributed by atoms with Crippen LogP contribution in [-0.4, -0.2) is 0 Å². The molecular weight excluding hydrogens is 1190 g/mol. The molecule has 16 aromatic carbocycles. The van der Waals surface area contributed by atoms with Gasteiger partial charge >= 0.3 is 0 Å². The summed E-state index contributed by atoms with van der Waals surface area (Å²) in [6, 6.07) is 130. The van der Waals surface area contributed by atoms with E-state index < -0.39 is 0 Å². The van der Waals surface area contributed by atoms with Crippen LogP contribution in [-0.2, 0) is 10.8 Å². The third kappa shape index (κ3) is 9.98. The molecule has 0 bridgehead atoms. The quantitative estimate of drug-likeness (QED) is 0.128. The predicted octanol–water partition coefficient (Wildman–Crippen LogP) is 26.5. The zero-order valence-corrected chi connectivity index (χ0v) is 55.3. The van der Waals surface area contributed by atoms with Crippen LogP contribution in [0.15, 0.2) is 352 Å². The van der Waals surface area contributed by atoms with Gasteiger partial charge in [-0.2, -0.15) is 0 Å². The smallest absolute Gasteiger partial charge is 0.0504 e. The Labute approximate surface area is 573 Å². The lowest BCUT2D eigenvalue weighted by molar-refractivity contribution is 0.632. The van der Waals surface area contributed by atoms with E-state index in [1.165, 1.54) is 110 Å². The molecule has 0 aliphatic carbocycles. The van der Waals surface area contributed by atoms with Gasteiger partial charge in [-0.1, -0.05) is 246 Å². The number of benzene rings is 16. The maximum Gasteiger partial charge on any atom is 0.0504 e. The van der Waals surface area contributed by atoms with Gasteiger partial charge in [0.15, 0.2) is 0 Å². The monoisotopic (exact) mass is 1250 g/mol. The fraction of sp³-hybridized carbons (Fsp3) is 0.0638. The van der Waals surface area contributed by atoms with Gasteiger partial charge in [0, 0.05) is 56.3 Å². The van der Waals surface area contributed by atoms with Gasteiger partial charge < -0.3 is 19.6 Å². The number of anilines is 12. The highest BCUT2D eigenvalue weighted by Crippen LogP contribution is 2.57. The van der Waals surface area contributed by atoms with Crippen LogP contribution < -0.4 is 19.6 Å². The Morgan fingerprint density at radius 3 is 0.816 bits per heavy atom. The van der Waals surface area contributed by atoms with Crippen LogP contribution in [0.2, 0.25) is 0 Å². The molecule has 0 amide bonds. The second-order valence-corrected chi connectivity index (χ2v) is 27.4. The van der Waals surface area contributed by atoms with E-state index in [1.807, 2.05) is 0 Å². The molecule has 16 aromatic rings. The number of rotatable bonds is 11. The number of hydrogen-bond donors (Lipinski definition) is 0. The molecule has 2 aliphatic rings. The Morgan fingerprint density at radius 2 is 0.449 bits per heavy atom. The van der Waals surface area contributed by atoms with Gasteiger partial charge in [-0.15, -0.1) is 0 Å². The lowest BCUT2D eigenvalue weighted by Crippen LogP contribution is -2.31. The second kappa shape index (κ2) is 23.3. The summed E-state index contributed by atoms with van der Waals surface area (Å²) in [5, 5.41) is 9.68. The minimum atomic E-state index is -0.372. The van der Waals surface area contributed by atoms with E-state index in [-0.39, 0.29) is 10.8 Å². The van der Waals surface area contributed by atoms with Gasteiger partial charge in [-0.25, -0.2) is 0 Å². The highest BCUT2D eigenvalue weighted by Gasteiger charge is 2.40. The van der Waals surface area contributed by atoms with E-state index in [2.05, 4.69) is 399 Å². The highest BCUT2D eigenvalue weighted by atomic mass is 15.2. The zero-order chi connectivity index (χ0) is 65.6. The van der Waals surface area contributed by atoms with Gasteiger partial charge in [0.2, 0.25) is 0 Å². The number of fused-ring (bicyclic) bond motifs is 8. The fourth-order valence-corrected chi connectivity index (χ4v) is 15.7. The summed E-state index contributed by atoms with van der Waals surface area (Å²) in [6.07, 6.45) is 0. The minimum absolute atomic E-state index is 0.372. The minimum Gasteiger partial charge on any atom is -0.310 e. The van der Waals surface area contributed by atoms with Gasteiger partial charge in [0.05, 0.1) is 22.7 Å². The van der Waals surface area contributed by atoms with Crippen LogP contribution in [0, 0.1) is 0 Å². The van der Waals surface area contributed by atoms with Crippen LogP contribution in [0.5, 0.6) is 0 Å². The maximum absolute atomic E-state index is 2.48. The summed E-state index contributed by atoms with van der Waals surface area (Å²) in [5.41, 5.74) is 24.9. The van der Waals surface area contributed by atoms with E-state index >= 15 is 0 Å². The lowest BCUT2D eigenvalue weighted by atomic mass is 9.72. The van der Waals surface area contributed by atoms with E-state index in [0.717, 1.165) is 56.6 Å². The average molecular weight is 1260 g/mol. The van der Waals surface area contributed by atoms with Crippen LogP contribution in [0.4, 0.5) is 68.2 Å². The van der Waals surface area contributed by atoms with E-state index in [9.17, 15) is 0 Å². The highest BCUT2D eigenvalue weighted by molar-refractivity contribution is 5.98. The third-order valence-corrected chi connectivity index (χ3v) is 20.9. The van der Waals surface area contributed by atoms with Crippen LogP contribution in [0.25, 0.3) is 76.5 Å². The summed E-state index contributed by atoms with van der Waals surface area (Å²) in [5.74, 6) is 0. The normalized spacial score (nSPS) is 13.4. The van der Waals surface area contributed by atoms with Crippen molar-refractivity contribution in [3.63, 3.8) is 0 Å². The summed E-state index contributed by atoms with van der Waals surface area (Å²) in [6.45, 7) is 9.60. The number of nitrogens with zero attached hydrogens (tertiary/aromatic N) is 4. The third-order valence-electron chi connectivity index (χ3n) is 20.9. The molecule has 0 saturated heterocycles. The molecule has 2 heterocycles. The van der Waals surface area contributed by atoms with Crippen molar-refractivity contribution in [2.45, 2.75) is 38.5 Å². The van der Waals surface area contributed by atoms with Crippen molar-refractivity contribution in [2.24, 2.45) is 0 Å². The zero-order valence-electron chi connectivity index (χ0n) is 55.3. The molecule has 4 heteroatoms. The van der Waals surface area contributed by atoms with Crippen molar-refractivity contribution < 1.29 is 0 Å². The molecule has 0 radical (unpaired) electrons. The Kier molecular flexibility index (Phi) is 13.9. The summed E-state index contributed by atoms with van der Waals surface area (Å²) >= 11 is 0. The molecule has 2 aliphatic heterocycles. The topological polar surface area (TPSA) is 13.0 Å². The molecule has 466 valence electrons. The molecule has 4 nitrogen and oxygen atoms in total. The molecule has 0 unspecified atom stereocenters. The largest absolute Gasteiger partial charge is 0.310 e. The summed E-state index contributed by atoms with van der Waals surface area (Å²) in [7, 11) is 0. The van der Waals surface area contributed by atoms with Crippen molar-refractivity contribution in [1.29, 1.82) is 0 Å². The van der Waals surface area contributed by atoms with E-state index in [4.69, 9.17) is 0 Å². The van der Waals surface area contributed by atoms with Crippen molar-refractivity contribution >= 4 is 111 Å². The molecule has 18 rings (SSSR count). The SMILES string of the molecule is CC1(C)c2cc(-c3ccccc3)ccc2N(c2ccc3ccccc3c2)c2ccc(N(c3ccc(-c4ccc(N(c5ccc6c(c5)C(C)(C)c5cc(-c7ccccc7)ccc5N6c5ccc6ccccc6c5)c5ccc6ccccc6c5)cc4)cc3)c3ccc4ccccc4c3)cc21. The Bertz CT molecular complexity index is 5420. The molecule has 0 fully saturated rings. The molecule has 0 N–H and O–H groups in total. The molecule has 0 aromatic heterocycles. The van der Waals surface area contributed by atoms with Gasteiger partial charge in [-0.3, -0.25) is 0 Å². The van der Waals surface area contributed by atoms with Crippen LogP contribution >= 0.6 is 0 Å². The summed E-state index contributed by atoms with van der Waals surface area (Å²) in [4.78, 5) is 9.85. The van der Waals surface area contributed by atoms with Gasteiger partial charge in [0.25, 0.3) is 0 Å².